The van der Waals surface area contributed by atoms with Crippen LogP contribution in [0.4, 0.5) is 0 Å². The monoisotopic (exact) mass is 520 g/mol. The van der Waals surface area contributed by atoms with Crippen LogP contribution in [0.1, 0.15) is 25.7 Å². The quantitative estimate of drug-likeness (QED) is 0.0446. The first-order chi connectivity index (χ1) is 13.9. The molecule has 17 heteroatoms. The smallest absolute Gasteiger partial charge is 0.394 e. The molecular weight excluding hydrogens is 489 g/mol. The Morgan fingerprint density at radius 3 is 1.48 bits per heavy atom. The molecule has 1 saturated heterocycles. The first-order valence-corrected chi connectivity index (χ1v) is 10.3. The number of rotatable bonds is 10. The van der Waals surface area contributed by atoms with Crippen molar-refractivity contribution < 1.29 is 64.4 Å². The summed E-state index contributed by atoms with van der Waals surface area (Å²) in [6.45, 7) is 3.76. The summed E-state index contributed by atoms with van der Waals surface area (Å²) in [6, 6.07) is 0. The third-order valence-electron chi connectivity index (χ3n) is 2.25. The lowest BCUT2D eigenvalue weighted by Crippen LogP contribution is -3.00. The first-order valence-electron chi connectivity index (χ1n) is 8.39. The minimum absolute atomic E-state index is 0. The topological polar surface area (TPSA) is 263 Å². The van der Waals surface area contributed by atoms with Gasteiger partial charge in [-0.05, 0) is 12.8 Å². The summed E-state index contributed by atoms with van der Waals surface area (Å²) in [7, 11) is -4.67. The van der Waals surface area contributed by atoms with Crippen molar-refractivity contribution in [2.75, 3.05) is 38.7 Å². The minimum Gasteiger partial charge on any atom is -1.00 e. The number of nitrogens with one attached hydrogen (secondary N) is 1. The van der Waals surface area contributed by atoms with Crippen molar-refractivity contribution in [1.82, 2.24) is 5.32 Å². The van der Waals surface area contributed by atoms with Gasteiger partial charge in [-0.2, -0.15) is 8.42 Å². The summed E-state index contributed by atoms with van der Waals surface area (Å²) >= 11 is 5.27. The van der Waals surface area contributed by atoms with Gasteiger partial charge in [0.05, 0.1) is 18.6 Å². The second-order valence-electron chi connectivity index (χ2n) is 4.98. The van der Waals surface area contributed by atoms with Crippen LogP contribution in [0.25, 0.3) is 0 Å². The number of alkyl halides is 1. The Kier molecular flexibility index (Phi) is 40.0. The molecule has 0 aromatic carbocycles. The fourth-order valence-corrected chi connectivity index (χ4v) is 1.22. The molecule has 1 aliphatic rings. The van der Waals surface area contributed by atoms with Crippen LogP contribution in [-0.4, -0.2) is 96.0 Å². The summed E-state index contributed by atoms with van der Waals surface area (Å²) in [6.07, 6.45) is 1.42. The number of carboxylic acids is 2. The van der Waals surface area contributed by atoms with E-state index in [9.17, 15) is 9.59 Å². The number of nitrogens with two attached hydrogens (primary N) is 2. The molecule has 1 unspecified atom stereocenters. The highest BCUT2D eigenvalue weighted by molar-refractivity contribution is 7.79. The van der Waals surface area contributed by atoms with Crippen molar-refractivity contribution in [3.8, 4) is 0 Å². The molecule has 0 saturated carbocycles. The van der Waals surface area contributed by atoms with Crippen LogP contribution < -0.4 is 29.2 Å². The number of hydrogen-bond donors (Lipinski definition) is 8. The van der Waals surface area contributed by atoms with Crippen LogP contribution in [0.2, 0.25) is 0 Å². The number of carboxylic acid groups (broad SMARTS) is 3. The Balaban J connectivity index is -0.0000000950. The highest BCUT2D eigenvalue weighted by Crippen LogP contribution is 2.08. The van der Waals surface area contributed by atoms with Gasteiger partial charge in [0, 0.05) is 39.0 Å². The average Bonchev–Trinajstić information content (AvgIpc) is 3.44. The maximum Gasteiger partial charge on any atom is 0.394 e. The Morgan fingerprint density at radius 1 is 1.06 bits per heavy atom. The molecule has 0 amide bonds. The predicted molar refractivity (Wildman–Crippen MR) is 108 cm³/mol. The van der Waals surface area contributed by atoms with E-state index >= 15 is 0 Å². The number of halogens is 2. The normalized spacial score (nSPS) is 12.9. The lowest BCUT2D eigenvalue weighted by molar-refractivity contribution is -0.139. The summed E-state index contributed by atoms with van der Waals surface area (Å²) < 4.78 is 36.3. The zero-order chi connectivity index (χ0) is 24.4. The van der Waals surface area contributed by atoms with Crippen LogP contribution in [0.5, 0.6) is 0 Å². The Bertz CT molecular complexity index is 482. The van der Waals surface area contributed by atoms with Gasteiger partial charge in [-0.15, -0.1) is 11.6 Å². The molecule has 14 nitrogen and oxygen atoms in total. The molecule has 1 rings (SSSR count). The van der Waals surface area contributed by atoms with Gasteiger partial charge in [0.25, 0.3) is 6.47 Å². The number of carbonyl (C=O) groups is 3. The van der Waals surface area contributed by atoms with Crippen LogP contribution >= 0.6 is 11.6 Å². The van der Waals surface area contributed by atoms with Crippen molar-refractivity contribution in [2.24, 2.45) is 11.5 Å². The van der Waals surface area contributed by atoms with E-state index in [1.54, 1.807) is 0 Å². The van der Waals surface area contributed by atoms with E-state index in [1.807, 2.05) is 0 Å². The second-order valence-corrected chi connectivity index (χ2v) is 6.19. The van der Waals surface area contributed by atoms with Gasteiger partial charge < -0.3 is 49.2 Å². The summed E-state index contributed by atoms with van der Waals surface area (Å²) in [5, 5.41) is 26.2. The van der Waals surface area contributed by atoms with Gasteiger partial charge in [0.1, 0.15) is 0 Å². The zero-order valence-corrected chi connectivity index (χ0v) is 19.1. The molecular formula is C14H32Cl2N3O11S-. The molecule has 0 radical (unpaired) electrons. The lowest BCUT2D eigenvalue weighted by Gasteiger charge is -1.95. The molecule has 31 heavy (non-hydrogen) atoms. The van der Waals surface area contributed by atoms with E-state index in [4.69, 9.17) is 65.4 Å². The maximum atomic E-state index is 9.90. The van der Waals surface area contributed by atoms with Crippen LogP contribution in [0.3, 0.4) is 0 Å². The summed E-state index contributed by atoms with van der Waals surface area (Å²) in [5.74, 6) is -1.07. The zero-order valence-electron chi connectivity index (χ0n) is 16.7. The SMILES string of the molecule is ClCC1CO1.NCCNCCN.O=C(O)CCCCC(=O)O.O=CO.O=S(=O)(O)O.[Cl-]. The molecule has 0 bridgehead atoms. The van der Waals surface area contributed by atoms with E-state index in [-0.39, 0.29) is 31.7 Å². The molecule has 1 atom stereocenters. The van der Waals surface area contributed by atoms with Gasteiger partial charge >= 0.3 is 22.3 Å². The lowest BCUT2D eigenvalue weighted by atomic mass is 10.2. The van der Waals surface area contributed by atoms with E-state index in [2.05, 4.69) is 5.32 Å². The van der Waals surface area contributed by atoms with E-state index in [1.165, 1.54) is 0 Å². The molecule has 1 aliphatic heterocycles. The Hall–Kier alpha value is -1.30. The number of ether oxygens (including phenoxy) is 1. The summed E-state index contributed by atoms with van der Waals surface area (Å²) in [4.78, 5) is 28.2. The van der Waals surface area contributed by atoms with Gasteiger partial charge in [-0.25, -0.2) is 0 Å². The fraction of sp³-hybridized carbons (Fsp3) is 0.786. The average molecular weight is 521 g/mol. The van der Waals surface area contributed by atoms with Crippen LogP contribution in [0.15, 0.2) is 0 Å². The van der Waals surface area contributed by atoms with Crippen LogP contribution in [0, 0.1) is 0 Å². The predicted octanol–water partition coefficient (Wildman–Crippen LogP) is -4.11. The maximum absolute atomic E-state index is 9.90. The first kappa shape index (κ1) is 40.1. The van der Waals surface area contributed by atoms with Crippen molar-refractivity contribution in [3.63, 3.8) is 0 Å². The van der Waals surface area contributed by atoms with E-state index in [0.29, 0.717) is 37.9 Å². The molecule has 0 aliphatic carbocycles. The molecule has 0 aromatic heterocycles. The molecule has 0 spiro atoms. The Morgan fingerprint density at radius 2 is 1.35 bits per heavy atom. The Labute approximate surface area is 192 Å². The molecule has 0 aromatic rings. The highest BCUT2D eigenvalue weighted by Gasteiger charge is 2.19. The largest absolute Gasteiger partial charge is 1.00 e. The molecule has 10 N–H and O–H groups in total. The van der Waals surface area contributed by atoms with Gasteiger partial charge in [-0.3, -0.25) is 23.5 Å². The van der Waals surface area contributed by atoms with Crippen LogP contribution in [-0.2, 0) is 29.5 Å². The van der Waals surface area contributed by atoms with Crippen molar-refractivity contribution >= 4 is 40.4 Å². The third kappa shape index (κ3) is 94.7. The molecule has 1 heterocycles. The molecule has 190 valence electrons. The highest BCUT2D eigenvalue weighted by atomic mass is 35.5. The van der Waals surface area contributed by atoms with Crippen molar-refractivity contribution in [1.29, 1.82) is 0 Å². The number of hydrogen-bond acceptors (Lipinski definition) is 9. The number of unbranched alkanes of at least 4 members (excludes halogenated alkanes) is 1. The molecule has 1 fully saturated rings. The van der Waals surface area contributed by atoms with Gasteiger partial charge in [0.2, 0.25) is 0 Å². The minimum atomic E-state index is -4.67. The van der Waals surface area contributed by atoms with E-state index < -0.39 is 22.3 Å². The standard InChI is InChI=1S/C6H10O4.C4H13N3.C3H5ClO.CH2O2.ClH.H2O4S/c7-5(8)3-1-2-4-6(9)10;5-1-3-7-4-2-6;4-1-3-2-5-3;2-1-3;;1-5(2,3)4/h1-4H2,(H,7,8)(H,9,10);7H,1-6H2;3H,1-2H2;1H,(H,2,3);1H;(H2,1,2,3,4)/p-1. The third-order valence-corrected chi connectivity index (χ3v) is 2.59. The van der Waals surface area contributed by atoms with Gasteiger partial charge in [-0.1, -0.05) is 0 Å². The summed E-state index contributed by atoms with van der Waals surface area (Å²) in [5.41, 5.74) is 10.3. The van der Waals surface area contributed by atoms with Crippen molar-refractivity contribution in [3.05, 3.63) is 0 Å². The number of aliphatic carboxylic acids is 2. The fourth-order valence-electron chi connectivity index (χ4n) is 1.04. The van der Waals surface area contributed by atoms with Crippen molar-refractivity contribution in [2.45, 2.75) is 31.8 Å². The van der Waals surface area contributed by atoms with Gasteiger partial charge in [0.15, 0.2) is 0 Å². The second kappa shape index (κ2) is 30.9. The van der Waals surface area contributed by atoms with E-state index in [0.717, 1.165) is 19.7 Å². The number of epoxide rings is 1.